The van der Waals surface area contributed by atoms with Gasteiger partial charge in [-0.25, -0.2) is 0 Å². The fraction of sp³-hybridized carbons (Fsp3) is 1.00. The summed E-state index contributed by atoms with van der Waals surface area (Å²) in [5.74, 6) is 0. The third-order valence-electron chi connectivity index (χ3n) is 1.67. The van der Waals surface area contributed by atoms with E-state index in [4.69, 9.17) is 9.79 Å². The summed E-state index contributed by atoms with van der Waals surface area (Å²) in [5.41, 5.74) is 0. The highest BCUT2D eigenvalue weighted by Crippen LogP contribution is 2.36. The Labute approximate surface area is 73.7 Å². The van der Waals surface area contributed by atoms with E-state index < -0.39 is 7.60 Å². The van der Waals surface area contributed by atoms with Gasteiger partial charge in [0.05, 0.1) is 0 Å². The molecule has 5 heteroatoms. The van der Waals surface area contributed by atoms with Gasteiger partial charge >= 0.3 is 7.60 Å². The van der Waals surface area contributed by atoms with E-state index >= 15 is 0 Å². The largest absolute Gasteiger partial charge is 0.339 e. The van der Waals surface area contributed by atoms with Gasteiger partial charge in [-0.3, -0.25) is 9.46 Å². The number of nitrogens with zero attached hydrogens (tertiary/aromatic N) is 1. The van der Waals surface area contributed by atoms with Gasteiger partial charge in [-0.2, -0.15) is 0 Å². The van der Waals surface area contributed by atoms with Gasteiger partial charge in [0, 0.05) is 12.1 Å². The lowest BCUT2D eigenvalue weighted by atomic mass is 10.2. The van der Waals surface area contributed by atoms with Crippen molar-refractivity contribution in [2.24, 2.45) is 0 Å². The Morgan fingerprint density at radius 3 is 1.58 bits per heavy atom. The second-order valence-electron chi connectivity index (χ2n) is 3.51. The van der Waals surface area contributed by atoms with Crippen molar-refractivity contribution in [1.29, 1.82) is 0 Å². The van der Waals surface area contributed by atoms with Crippen LogP contribution in [-0.2, 0) is 4.57 Å². The third kappa shape index (κ3) is 4.88. The van der Waals surface area contributed by atoms with Gasteiger partial charge in [0.15, 0.2) is 0 Å². The molecule has 74 valence electrons. The standard InChI is InChI=1S/C7H18NO3P/c1-6(2)8(7(3)4)5-12(9,10)11/h6-7H,5H2,1-4H3,(H2,9,10,11). The maximum absolute atomic E-state index is 10.7. The Hall–Kier alpha value is 0.110. The molecule has 0 aromatic heterocycles. The fourth-order valence-corrected chi connectivity index (χ4v) is 2.21. The molecule has 0 aromatic carbocycles. The van der Waals surface area contributed by atoms with Crippen LogP contribution in [0, 0.1) is 0 Å². The Morgan fingerprint density at radius 1 is 1.17 bits per heavy atom. The topological polar surface area (TPSA) is 60.8 Å². The molecule has 0 aliphatic rings. The molecule has 4 nitrogen and oxygen atoms in total. The minimum atomic E-state index is -3.90. The van der Waals surface area contributed by atoms with Crippen LogP contribution in [-0.4, -0.2) is 33.1 Å². The summed E-state index contributed by atoms with van der Waals surface area (Å²) in [4.78, 5) is 19.3. The van der Waals surface area contributed by atoms with E-state index in [1.807, 2.05) is 27.7 Å². The molecule has 0 saturated carbocycles. The number of hydrogen-bond donors (Lipinski definition) is 2. The van der Waals surface area contributed by atoms with Crippen LogP contribution < -0.4 is 0 Å². The summed E-state index contributed by atoms with van der Waals surface area (Å²) in [6, 6.07) is 0.329. The molecule has 0 saturated heterocycles. The van der Waals surface area contributed by atoms with Gasteiger partial charge in [-0.15, -0.1) is 0 Å². The highest BCUT2D eigenvalue weighted by Gasteiger charge is 2.23. The van der Waals surface area contributed by atoms with E-state index in [2.05, 4.69) is 0 Å². The summed E-state index contributed by atoms with van der Waals surface area (Å²) in [6.07, 6.45) is -0.150. The Bertz CT molecular complexity index is 167. The van der Waals surface area contributed by atoms with Crippen LogP contribution in [0.1, 0.15) is 27.7 Å². The first-order valence-electron chi connectivity index (χ1n) is 4.04. The fourth-order valence-electron chi connectivity index (χ4n) is 1.14. The van der Waals surface area contributed by atoms with Gasteiger partial charge in [0.25, 0.3) is 0 Å². The first-order valence-corrected chi connectivity index (χ1v) is 5.84. The quantitative estimate of drug-likeness (QED) is 0.662. The second-order valence-corrected chi connectivity index (χ2v) is 5.12. The molecule has 0 aromatic rings. The summed E-state index contributed by atoms with van der Waals surface area (Å²) < 4.78 is 10.7. The van der Waals surface area contributed by atoms with Crippen molar-refractivity contribution >= 4 is 7.60 Å². The van der Waals surface area contributed by atoms with Crippen LogP contribution in [0.5, 0.6) is 0 Å². The van der Waals surface area contributed by atoms with Crippen molar-refractivity contribution in [3.8, 4) is 0 Å². The maximum Gasteiger partial charge on any atom is 0.339 e. The van der Waals surface area contributed by atoms with Gasteiger partial charge in [-0.05, 0) is 27.7 Å². The smallest absolute Gasteiger partial charge is 0.324 e. The zero-order valence-corrected chi connectivity index (χ0v) is 8.95. The highest BCUT2D eigenvalue weighted by atomic mass is 31.2. The average Bonchev–Trinajstić information content (AvgIpc) is 1.79. The number of hydrogen-bond acceptors (Lipinski definition) is 2. The number of rotatable bonds is 4. The molecular weight excluding hydrogens is 177 g/mol. The van der Waals surface area contributed by atoms with E-state index in [1.165, 1.54) is 0 Å². The molecule has 0 heterocycles. The lowest BCUT2D eigenvalue weighted by molar-refractivity contribution is 0.189. The molecule has 12 heavy (non-hydrogen) atoms. The van der Waals surface area contributed by atoms with Gasteiger partial charge in [-0.1, -0.05) is 0 Å². The SMILES string of the molecule is CC(C)N(CP(=O)(O)O)C(C)C. The van der Waals surface area contributed by atoms with Crippen molar-refractivity contribution < 1.29 is 14.4 Å². The first kappa shape index (κ1) is 12.1. The van der Waals surface area contributed by atoms with Crippen LogP contribution in [0.4, 0.5) is 0 Å². The van der Waals surface area contributed by atoms with Crippen molar-refractivity contribution in [2.75, 3.05) is 6.29 Å². The molecule has 0 amide bonds. The van der Waals surface area contributed by atoms with Crippen molar-refractivity contribution in [3.63, 3.8) is 0 Å². The molecule has 0 aliphatic heterocycles. The van der Waals surface area contributed by atoms with E-state index in [-0.39, 0.29) is 18.4 Å². The van der Waals surface area contributed by atoms with E-state index in [9.17, 15) is 4.57 Å². The average molecular weight is 195 g/mol. The minimum absolute atomic E-state index is 0.150. The summed E-state index contributed by atoms with van der Waals surface area (Å²) in [6.45, 7) is 7.70. The lowest BCUT2D eigenvalue weighted by Crippen LogP contribution is -2.37. The minimum Gasteiger partial charge on any atom is -0.324 e. The van der Waals surface area contributed by atoms with Gasteiger partial charge in [0.1, 0.15) is 6.29 Å². The zero-order chi connectivity index (χ0) is 9.94. The predicted molar refractivity (Wildman–Crippen MR) is 49.0 cm³/mol. The first-order chi connectivity index (χ1) is 5.24. The third-order valence-corrected chi connectivity index (χ3v) is 2.37. The van der Waals surface area contributed by atoms with Crippen LogP contribution in [0.3, 0.4) is 0 Å². The van der Waals surface area contributed by atoms with Crippen LogP contribution in [0.25, 0.3) is 0 Å². The Kier molecular flexibility index (Phi) is 4.42. The molecule has 0 fully saturated rings. The molecule has 2 N–H and O–H groups in total. The maximum atomic E-state index is 10.7. The summed E-state index contributed by atoms with van der Waals surface area (Å²) >= 11 is 0. The van der Waals surface area contributed by atoms with E-state index in [0.717, 1.165) is 0 Å². The van der Waals surface area contributed by atoms with Crippen LogP contribution in [0.2, 0.25) is 0 Å². The van der Waals surface area contributed by atoms with Gasteiger partial charge < -0.3 is 9.79 Å². The molecule has 0 rings (SSSR count). The monoisotopic (exact) mass is 195 g/mol. The van der Waals surface area contributed by atoms with Crippen molar-refractivity contribution in [2.45, 2.75) is 39.8 Å². The second kappa shape index (κ2) is 4.38. The summed E-state index contributed by atoms with van der Waals surface area (Å²) in [5, 5.41) is 0. The molecule has 0 atom stereocenters. The molecule has 0 aliphatic carbocycles. The molecular formula is C7H18NO3P. The van der Waals surface area contributed by atoms with Gasteiger partial charge in [0.2, 0.25) is 0 Å². The zero-order valence-electron chi connectivity index (χ0n) is 8.06. The van der Waals surface area contributed by atoms with Crippen molar-refractivity contribution in [3.05, 3.63) is 0 Å². The lowest BCUT2D eigenvalue weighted by Gasteiger charge is -2.30. The van der Waals surface area contributed by atoms with E-state index in [0.29, 0.717) is 0 Å². The molecule has 0 unspecified atom stereocenters. The Balaban J connectivity index is 4.25. The molecule has 0 bridgehead atoms. The van der Waals surface area contributed by atoms with E-state index in [1.54, 1.807) is 4.90 Å². The van der Waals surface area contributed by atoms with Crippen LogP contribution >= 0.6 is 7.60 Å². The molecule has 0 radical (unpaired) electrons. The van der Waals surface area contributed by atoms with Crippen molar-refractivity contribution in [1.82, 2.24) is 4.90 Å². The van der Waals surface area contributed by atoms with Crippen LogP contribution in [0.15, 0.2) is 0 Å². The highest BCUT2D eigenvalue weighted by molar-refractivity contribution is 7.51. The summed E-state index contributed by atoms with van der Waals surface area (Å²) in [7, 11) is -3.90. The normalized spacial score (nSPS) is 13.4. The molecule has 0 spiro atoms. The Morgan fingerprint density at radius 2 is 1.50 bits per heavy atom. The predicted octanol–water partition coefficient (Wildman–Crippen LogP) is 1.24.